The van der Waals surface area contributed by atoms with E-state index in [0.717, 1.165) is 24.8 Å². The summed E-state index contributed by atoms with van der Waals surface area (Å²) < 4.78 is 10.4. The predicted molar refractivity (Wildman–Crippen MR) is 67.4 cm³/mol. The van der Waals surface area contributed by atoms with Crippen LogP contribution in [0.1, 0.15) is 30.9 Å². The van der Waals surface area contributed by atoms with E-state index in [1.807, 2.05) is 18.2 Å². The van der Waals surface area contributed by atoms with Crippen LogP contribution in [0.3, 0.4) is 0 Å². The van der Waals surface area contributed by atoms with Crippen molar-refractivity contribution in [3.63, 3.8) is 0 Å². The quantitative estimate of drug-likeness (QED) is 0.713. The molecular weight excluding hydrogens is 218 g/mol. The van der Waals surface area contributed by atoms with Crippen LogP contribution in [0.25, 0.3) is 0 Å². The molecule has 17 heavy (non-hydrogen) atoms. The zero-order valence-corrected chi connectivity index (χ0v) is 10.5. The lowest BCUT2D eigenvalue weighted by atomic mass is 10.0. The van der Waals surface area contributed by atoms with Crippen molar-refractivity contribution in [2.45, 2.75) is 25.3 Å². The van der Waals surface area contributed by atoms with Crippen LogP contribution in [0.2, 0.25) is 0 Å². The predicted octanol–water partition coefficient (Wildman–Crippen LogP) is 1.87. The first-order valence-corrected chi connectivity index (χ1v) is 5.81. The van der Waals surface area contributed by atoms with Gasteiger partial charge < -0.3 is 20.3 Å². The molecule has 96 valence electrons. The van der Waals surface area contributed by atoms with Crippen molar-refractivity contribution in [1.82, 2.24) is 0 Å². The molecule has 0 aromatic heterocycles. The monoisotopic (exact) mass is 239 g/mol. The van der Waals surface area contributed by atoms with E-state index in [1.54, 1.807) is 14.2 Å². The second kappa shape index (κ2) is 7.14. The number of rotatable bonds is 7. The first-order valence-electron chi connectivity index (χ1n) is 5.81. The Kier molecular flexibility index (Phi) is 5.80. The van der Waals surface area contributed by atoms with Crippen LogP contribution < -0.4 is 15.2 Å². The van der Waals surface area contributed by atoms with Gasteiger partial charge in [0.1, 0.15) is 0 Å². The zero-order valence-electron chi connectivity index (χ0n) is 10.5. The van der Waals surface area contributed by atoms with Crippen molar-refractivity contribution < 1.29 is 14.6 Å². The van der Waals surface area contributed by atoms with Gasteiger partial charge in [0.05, 0.1) is 14.2 Å². The lowest BCUT2D eigenvalue weighted by molar-refractivity contribution is 0.281. The lowest BCUT2D eigenvalue weighted by Gasteiger charge is -2.14. The van der Waals surface area contributed by atoms with Gasteiger partial charge in [0.25, 0.3) is 0 Å². The van der Waals surface area contributed by atoms with Crippen molar-refractivity contribution in [3.8, 4) is 11.5 Å². The molecule has 4 heteroatoms. The summed E-state index contributed by atoms with van der Waals surface area (Å²) in [6.07, 6.45) is 2.57. The molecule has 1 atom stereocenters. The van der Waals surface area contributed by atoms with E-state index in [4.69, 9.17) is 20.3 Å². The number of aliphatic hydroxyl groups is 1. The van der Waals surface area contributed by atoms with Gasteiger partial charge in [0.2, 0.25) is 0 Å². The third-order valence-electron chi connectivity index (χ3n) is 2.76. The Balaban J connectivity index is 2.70. The molecule has 0 aliphatic rings. The molecular formula is C13H21NO3. The first kappa shape index (κ1) is 13.8. The summed E-state index contributed by atoms with van der Waals surface area (Å²) in [5.41, 5.74) is 7.10. The minimum atomic E-state index is -0.0265. The maximum Gasteiger partial charge on any atom is 0.161 e. The second-order valence-electron chi connectivity index (χ2n) is 3.94. The average Bonchev–Trinajstić information content (AvgIpc) is 2.38. The molecule has 4 nitrogen and oxygen atoms in total. The van der Waals surface area contributed by atoms with Crippen LogP contribution in [-0.2, 0) is 0 Å². The molecule has 3 N–H and O–H groups in total. The van der Waals surface area contributed by atoms with Gasteiger partial charge in [-0.15, -0.1) is 0 Å². The molecule has 0 amide bonds. The number of aliphatic hydroxyl groups excluding tert-OH is 1. The van der Waals surface area contributed by atoms with Gasteiger partial charge >= 0.3 is 0 Å². The van der Waals surface area contributed by atoms with Crippen molar-refractivity contribution in [2.75, 3.05) is 20.8 Å². The smallest absolute Gasteiger partial charge is 0.161 e. The normalized spacial score (nSPS) is 12.2. The highest BCUT2D eigenvalue weighted by molar-refractivity contribution is 5.43. The summed E-state index contributed by atoms with van der Waals surface area (Å²) in [6.45, 7) is 0.221. The standard InChI is InChI=1S/C13H21NO3/c1-16-12-7-6-10(9-13(12)17-2)11(14)5-3-4-8-15/h6-7,9,11,15H,3-5,8,14H2,1-2H3. The van der Waals surface area contributed by atoms with Crippen molar-refractivity contribution in [3.05, 3.63) is 23.8 Å². The van der Waals surface area contributed by atoms with Crippen molar-refractivity contribution in [1.29, 1.82) is 0 Å². The van der Waals surface area contributed by atoms with E-state index in [0.29, 0.717) is 11.5 Å². The van der Waals surface area contributed by atoms with Gasteiger partial charge in [-0.3, -0.25) is 0 Å². The zero-order chi connectivity index (χ0) is 12.7. The van der Waals surface area contributed by atoms with Gasteiger partial charge in [-0.05, 0) is 37.0 Å². The van der Waals surface area contributed by atoms with Crippen molar-refractivity contribution >= 4 is 0 Å². The van der Waals surface area contributed by atoms with Crippen LogP contribution in [0, 0.1) is 0 Å². The molecule has 1 aromatic carbocycles. The number of ether oxygens (including phenoxy) is 2. The molecule has 0 aliphatic carbocycles. The summed E-state index contributed by atoms with van der Waals surface area (Å²) in [7, 11) is 3.22. The third-order valence-corrected chi connectivity index (χ3v) is 2.76. The largest absolute Gasteiger partial charge is 0.493 e. The summed E-state index contributed by atoms with van der Waals surface area (Å²) in [6, 6.07) is 5.69. The number of nitrogens with two attached hydrogens (primary N) is 1. The summed E-state index contributed by atoms with van der Waals surface area (Å²) in [4.78, 5) is 0. The van der Waals surface area contributed by atoms with Crippen LogP contribution in [0.15, 0.2) is 18.2 Å². The van der Waals surface area contributed by atoms with E-state index in [-0.39, 0.29) is 12.6 Å². The minimum Gasteiger partial charge on any atom is -0.493 e. The summed E-state index contributed by atoms with van der Waals surface area (Å²) in [5, 5.41) is 8.72. The van der Waals surface area contributed by atoms with E-state index < -0.39 is 0 Å². The van der Waals surface area contributed by atoms with Crippen LogP contribution in [0.4, 0.5) is 0 Å². The highest BCUT2D eigenvalue weighted by atomic mass is 16.5. The lowest BCUT2D eigenvalue weighted by Crippen LogP contribution is -2.10. The molecule has 0 fully saturated rings. The number of hydrogen-bond donors (Lipinski definition) is 2. The average molecular weight is 239 g/mol. The Morgan fingerprint density at radius 1 is 1.18 bits per heavy atom. The highest BCUT2D eigenvalue weighted by Crippen LogP contribution is 2.30. The molecule has 0 heterocycles. The van der Waals surface area contributed by atoms with Gasteiger partial charge in [-0.1, -0.05) is 6.07 Å². The maximum absolute atomic E-state index is 8.72. The third kappa shape index (κ3) is 3.91. The summed E-state index contributed by atoms with van der Waals surface area (Å²) in [5.74, 6) is 1.40. The number of benzene rings is 1. The summed E-state index contributed by atoms with van der Waals surface area (Å²) >= 11 is 0. The second-order valence-corrected chi connectivity index (χ2v) is 3.94. The molecule has 0 saturated heterocycles. The van der Waals surface area contributed by atoms with Gasteiger partial charge in [0, 0.05) is 12.6 Å². The van der Waals surface area contributed by atoms with Crippen LogP contribution >= 0.6 is 0 Å². The Bertz CT molecular complexity index is 341. The number of methoxy groups -OCH3 is 2. The SMILES string of the molecule is COc1ccc(C(N)CCCCO)cc1OC. The van der Waals surface area contributed by atoms with E-state index in [2.05, 4.69) is 0 Å². The molecule has 0 bridgehead atoms. The minimum absolute atomic E-state index is 0.0265. The Labute approximate surface area is 102 Å². The molecule has 0 saturated carbocycles. The maximum atomic E-state index is 8.72. The molecule has 1 aromatic rings. The molecule has 1 rings (SSSR count). The fourth-order valence-corrected chi connectivity index (χ4v) is 1.73. The van der Waals surface area contributed by atoms with E-state index in [9.17, 15) is 0 Å². The number of hydrogen-bond acceptors (Lipinski definition) is 4. The van der Waals surface area contributed by atoms with Crippen molar-refractivity contribution in [2.24, 2.45) is 5.73 Å². The molecule has 0 aliphatic heterocycles. The van der Waals surface area contributed by atoms with E-state index >= 15 is 0 Å². The van der Waals surface area contributed by atoms with Gasteiger partial charge in [-0.2, -0.15) is 0 Å². The topological polar surface area (TPSA) is 64.7 Å². The van der Waals surface area contributed by atoms with Crippen LogP contribution in [-0.4, -0.2) is 25.9 Å². The van der Waals surface area contributed by atoms with Gasteiger partial charge in [0.15, 0.2) is 11.5 Å². The Morgan fingerprint density at radius 2 is 1.88 bits per heavy atom. The molecule has 0 spiro atoms. The van der Waals surface area contributed by atoms with E-state index in [1.165, 1.54) is 0 Å². The number of unbranched alkanes of at least 4 members (excludes halogenated alkanes) is 1. The van der Waals surface area contributed by atoms with Crippen LogP contribution in [0.5, 0.6) is 11.5 Å². The molecule has 1 unspecified atom stereocenters. The molecule has 0 radical (unpaired) electrons. The van der Waals surface area contributed by atoms with Gasteiger partial charge in [-0.25, -0.2) is 0 Å². The first-order chi connectivity index (χ1) is 8.22. The Hall–Kier alpha value is -1.26. The fourth-order valence-electron chi connectivity index (χ4n) is 1.73. The highest BCUT2D eigenvalue weighted by Gasteiger charge is 2.10. The Morgan fingerprint density at radius 3 is 2.47 bits per heavy atom. The fraction of sp³-hybridized carbons (Fsp3) is 0.538.